The molecule has 0 aliphatic carbocycles. The zero-order valence-corrected chi connectivity index (χ0v) is 9.53. The van der Waals surface area contributed by atoms with Crippen LogP contribution in [0.5, 0.6) is 5.75 Å². The summed E-state index contributed by atoms with van der Waals surface area (Å²) in [6.45, 7) is 1.98. The molecule has 3 nitrogen and oxygen atoms in total. The second kappa shape index (κ2) is 5.61. The number of hydrogen-bond acceptors (Lipinski definition) is 3. The fourth-order valence-corrected chi connectivity index (χ4v) is 1.81. The standard InChI is InChI=1S/C11H14ClNO2/c1-3-8(11(12)13-14)9-6-4-5-7-10(9)15-2/h4-8,14H,3H2,1-2H3/b13-11+. The molecule has 0 aromatic heterocycles. The Balaban J connectivity index is 3.11. The van der Waals surface area contributed by atoms with Gasteiger partial charge in [0.25, 0.3) is 0 Å². The van der Waals surface area contributed by atoms with Crippen LogP contribution in [0.25, 0.3) is 0 Å². The van der Waals surface area contributed by atoms with E-state index in [9.17, 15) is 0 Å². The Bertz CT molecular complexity index is 352. The number of para-hydroxylation sites is 1. The highest BCUT2D eigenvalue weighted by atomic mass is 35.5. The van der Waals surface area contributed by atoms with Gasteiger partial charge in [-0.25, -0.2) is 0 Å². The van der Waals surface area contributed by atoms with E-state index >= 15 is 0 Å². The predicted octanol–water partition coefficient (Wildman–Crippen LogP) is 3.22. The lowest BCUT2D eigenvalue weighted by Gasteiger charge is -2.15. The van der Waals surface area contributed by atoms with E-state index < -0.39 is 0 Å². The second-order valence-corrected chi connectivity index (χ2v) is 3.51. The van der Waals surface area contributed by atoms with Gasteiger partial charge in [0.05, 0.1) is 7.11 Å². The molecule has 0 saturated heterocycles. The summed E-state index contributed by atoms with van der Waals surface area (Å²) in [7, 11) is 1.61. The lowest BCUT2D eigenvalue weighted by atomic mass is 9.96. The molecule has 1 N–H and O–H groups in total. The number of ether oxygens (including phenoxy) is 1. The van der Waals surface area contributed by atoms with Crippen LogP contribution in [0.3, 0.4) is 0 Å². The number of oxime groups is 1. The van der Waals surface area contributed by atoms with E-state index in [1.54, 1.807) is 7.11 Å². The molecule has 1 unspecified atom stereocenters. The summed E-state index contributed by atoms with van der Waals surface area (Å²) in [5, 5.41) is 11.9. The van der Waals surface area contributed by atoms with Crippen molar-refractivity contribution in [3.63, 3.8) is 0 Å². The Morgan fingerprint density at radius 1 is 1.53 bits per heavy atom. The Kier molecular flexibility index (Phi) is 4.43. The third-order valence-corrected chi connectivity index (χ3v) is 2.64. The highest BCUT2D eigenvalue weighted by molar-refractivity contribution is 6.66. The van der Waals surface area contributed by atoms with Crippen molar-refractivity contribution in [3.8, 4) is 5.75 Å². The smallest absolute Gasteiger partial charge is 0.152 e. The molecule has 0 amide bonds. The first-order valence-electron chi connectivity index (χ1n) is 4.75. The maximum atomic E-state index is 8.68. The van der Waals surface area contributed by atoms with Crippen LogP contribution in [0.2, 0.25) is 0 Å². The average molecular weight is 228 g/mol. The minimum atomic E-state index is -0.118. The van der Waals surface area contributed by atoms with E-state index in [4.69, 9.17) is 21.5 Å². The van der Waals surface area contributed by atoms with Crippen LogP contribution >= 0.6 is 11.6 Å². The second-order valence-electron chi connectivity index (χ2n) is 3.13. The Morgan fingerprint density at radius 3 is 2.73 bits per heavy atom. The summed E-state index contributed by atoms with van der Waals surface area (Å²) < 4.78 is 5.23. The van der Waals surface area contributed by atoms with E-state index in [0.717, 1.165) is 17.7 Å². The van der Waals surface area contributed by atoms with Crippen LogP contribution in [-0.2, 0) is 0 Å². The highest BCUT2D eigenvalue weighted by Crippen LogP contribution is 2.30. The molecule has 82 valence electrons. The van der Waals surface area contributed by atoms with Crippen molar-refractivity contribution in [3.05, 3.63) is 29.8 Å². The van der Waals surface area contributed by atoms with Gasteiger partial charge in [-0.05, 0) is 12.5 Å². The maximum absolute atomic E-state index is 8.68. The quantitative estimate of drug-likeness (QED) is 0.488. The van der Waals surface area contributed by atoms with E-state index in [1.165, 1.54) is 0 Å². The SMILES string of the molecule is CCC(/C(Cl)=N\O)c1ccccc1OC. The first-order valence-corrected chi connectivity index (χ1v) is 5.12. The topological polar surface area (TPSA) is 41.8 Å². The van der Waals surface area contributed by atoms with Crippen molar-refractivity contribution < 1.29 is 9.94 Å². The molecule has 0 aliphatic heterocycles. The molecule has 0 heterocycles. The number of rotatable bonds is 4. The largest absolute Gasteiger partial charge is 0.496 e. The Labute approximate surface area is 94.3 Å². The van der Waals surface area contributed by atoms with Crippen LogP contribution in [0.1, 0.15) is 24.8 Å². The Morgan fingerprint density at radius 2 is 2.20 bits per heavy atom. The summed E-state index contributed by atoms with van der Waals surface area (Å²) in [6, 6.07) is 7.57. The lowest BCUT2D eigenvalue weighted by molar-refractivity contribution is 0.318. The van der Waals surface area contributed by atoms with Crippen molar-refractivity contribution in [1.82, 2.24) is 0 Å². The van der Waals surface area contributed by atoms with Crippen LogP contribution in [-0.4, -0.2) is 17.5 Å². The summed E-state index contributed by atoms with van der Waals surface area (Å²) in [4.78, 5) is 0. The zero-order chi connectivity index (χ0) is 11.3. The molecule has 1 aromatic rings. The number of benzene rings is 1. The van der Waals surface area contributed by atoms with Gasteiger partial charge in [-0.15, -0.1) is 0 Å². The van der Waals surface area contributed by atoms with E-state index in [0.29, 0.717) is 0 Å². The van der Waals surface area contributed by atoms with Gasteiger partial charge < -0.3 is 9.94 Å². The minimum absolute atomic E-state index is 0.118. The Hall–Kier alpha value is -1.22. The fraction of sp³-hybridized carbons (Fsp3) is 0.364. The van der Waals surface area contributed by atoms with Gasteiger partial charge in [-0.1, -0.05) is 41.9 Å². The molecule has 0 fully saturated rings. The first-order chi connectivity index (χ1) is 7.24. The van der Waals surface area contributed by atoms with Gasteiger partial charge >= 0.3 is 0 Å². The van der Waals surface area contributed by atoms with Crippen LogP contribution in [0.15, 0.2) is 29.4 Å². The fourth-order valence-electron chi connectivity index (χ4n) is 1.54. The molecule has 0 aliphatic rings. The van der Waals surface area contributed by atoms with E-state index in [1.807, 2.05) is 31.2 Å². The molecule has 4 heteroatoms. The summed E-state index contributed by atoms with van der Waals surface area (Å²) in [5.41, 5.74) is 0.935. The van der Waals surface area contributed by atoms with Gasteiger partial charge in [0, 0.05) is 11.5 Å². The van der Waals surface area contributed by atoms with Crippen molar-refractivity contribution in [1.29, 1.82) is 0 Å². The van der Waals surface area contributed by atoms with Gasteiger partial charge in [-0.3, -0.25) is 0 Å². The number of hydrogen-bond donors (Lipinski definition) is 1. The monoisotopic (exact) mass is 227 g/mol. The first kappa shape index (κ1) is 11.9. The molecule has 1 atom stereocenters. The molecule has 1 rings (SSSR count). The molecule has 0 spiro atoms. The maximum Gasteiger partial charge on any atom is 0.152 e. The van der Waals surface area contributed by atoms with Crippen LogP contribution < -0.4 is 4.74 Å². The molecule has 1 aromatic carbocycles. The molecule has 0 radical (unpaired) electrons. The van der Waals surface area contributed by atoms with Gasteiger partial charge in [-0.2, -0.15) is 0 Å². The average Bonchev–Trinajstić information content (AvgIpc) is 2.30. The number of methoxy groups -OCH3 is 1. The lowest BCUT2D eigenvalue weighted by Crippen LogP contribution is -2.07. The summed E-state index contributed by atoms with van der Waals surface area (Å²) >= 11 is 5.84. The van der Waals surface area contributed by atoms with Crippen molar-refractivity contribution >= 4 is 16.8 Å². The third-order valence-electron chi connectivity index (χ3n) is 2.31. The van der Waals surface area contributed by atoms with Gasteiger partial charge in [0.1, 0.15) is 5.75 Å². The normalized spacial score (nSPS) is 13.7. The molecular formula is C11H14ClNO2. The minimum Gasteiger partial charge on any atom is -0.496 e. The summed E-state index contributed by atoms with van der Waals surface area (Å²) in [5.74, 6) is 0.638. The van der Waals surface area contributed by atoms with Crippen molar-refractivity contribution in [2.45, 2.75) is 19.3 Å². The molecule has 15 heavy (non-hydrogen) atoms. The molecular weight excluding hydrogens is 214 g/mol. The summed E-state index contributed by atoms with van der Waals surface area (Å²) in [6.07, 6.45) is 0.753. The van der Waals surface area contributed by atoms with Crippen LogP contribution in [0, 0.1) is 0 Å². The van der Waals surface area contributed by atoms with Crippen LogP contribution in [0.4, 0.5) is 0 Å². The van der Waals surface area contributed by atoms with Crippen molar-refractivity contribution in [2.24, 2.45) is 5.16 Å². The van der Waals surface area contributed by atoms with Crippen molar-refractivity contribution in [2.75, 3.05) is 7.11 Å². The third kappa shape index (κ3) is 2.63. The number of nitrogens with zero attached hydrogens (tertiary/aromatic N) is 1. The van der Waals surface area contributed by atoms with E-state index in [2.05, 4.69) is 5.16 Å². The number of halogens is 1. The molecule has 0 saturated carbocycles. The molecule has 0 bridgehead atoms. The van der Waals surface area contributed by atoms with Gasteiger partial charge in [0.2, 0.25) is 0 Å². The van der Waals surface area contributed by atoms with E-state index in [-0.39, 0.29) is 11.1 Å². The van der Waals surface area contributed by atoms with Gasteiger partial charge in [0.15, 0.2) is 5.17 Å². The highest BCUT2D eigenvalue weighted by Gasteiger charge is 2.18. The zero-order valence-electron chi connectivity index (χ0n) is 8.77. The predicted molar refractivity (Wildman–Crippen MR) is 61.1 cm³/mol.